The van der Waals surface area contributed by atoms with Crippen LogP contribution >= 0.6 is 0 Å². The van der Waals surface area contributed by atoms with Crippen LogP contribution in [0.25, 0.3) is 0 Å². The maximum absolute atomic E-state index is 11.7. The van der Waals surface area contributed by atoms with Crippen molar-refractivity contribution in [2.75, 3.05) is 6.61 Å². The van der Waals surface area contributed by atoms with Gasteiger partial charge in [-0.3, -0.25) is 0 Å². The Morgan fingerprint density at radius 2 is 1.79 bits per heavy atom. The van der Waals surface area contributed by atoms with E-state index >= 15 is 0 Å². The van der Waals surface area contributed by atoms with Crippen LogP contribution in [0.4, 0.5) is 4.79 Å². The fourth-order valence-corrected chi connectivity index (χ4v) is 1.54. The topological polar surface area (TPSA) is 64.6 Å². The SMILES string of the molecule is CCCCCC(NC(=O)OC(C)(C)C)C(=O)OCC. The predicted molar refractivity (Wildman–Crippen MR) is 73.9 cm³/mol. The molecule has 1 atom stereocenters. The summed E-state index contributed by atoms with van der Waals surface area (Å²) in [5.41, 5.74) is -0.577. The molecule has 0 rings (SSSR count). The lowest BCUT2D eigenvalue weighted by Gasteiger charge is -2.22. The van der Waals surface area contributed by atoms with Gasteiger partial charge in [0.1, 0.15) is 11.6 Å². The molecule has 0 spiro atoms. The van der Waals surface area contributed by atoms with Gasteiger partial charge in [-0.1, -0.05) is 26.2 Å². The normalized spacial score (nSPS) is 12.7. The summed E-state index contributed by atoms with van der Waals surface area (Å²) < 4.78 is 10.1. The Morgan fingerprint density at radius 1 is 1.16 bits per heavy atom. The van der Waals surface area contributed by atoms with Crippen molar-refractivity contribution in [3.05, 3.63) is 0 Å². The molecule has 0 radical (unpaired) electrons. The van der Waals surface area contributed by atoms with Gasteiger partial charge in [-0.2, -0.15) is 0 Å². The lowest BCUT2D eigenvalue weighted by atomic mass is 10.1. The number of nitrogens with one attached hydrogen (secondary N) is 1. The predicted octanol–water partition coefficient (Wildman–Crippen LogP) is 3.02. The van der Waals surface area contributed by atoms with E-state index in [-0.39, 0.29) is 0 Å². The number of amides is 1. The molecule has 0 aromatic carbocycles. The molecule has 0 saturated heterocycles. The van der Waals surface area contributed by atoms with Gasteiger partial charge in [0, 0.05) is 0 Å². The number of carbonyl (C=O) groups is 2. The van der Waals surface area contributed by atoms with E-state index in [1.165, 1.54) is 0 Å². The molecule has 0 heterocycles. The van der Waals surface area contributed by atoms with Crippen LogP contribution < -0.4 is 5.32 Å². The number of esters is 1. The fraction of sp³-hybridized carbons (Fsp3) is 0.857. The minimum Gasteiger partial charge on any atom is -0.464 e. The van der Waals surface area contributed by atoms with E-state index in [1.54, 1.807) is 27.7 Å². The van der Waals surface area contributed by atoms with Gasteiger partial charge in [0.25, 0.3) is 0 Å². The van der Waals surface area contributed by atoms with Crippen molar-refractivity contribution in [3.8, 4) is 0 Å². The maximum atomic E-state index is 11.7. The van der Waals surface area contributed by atoms with Crippen LogP contribution in [0.3, 0.4) is 0 Å². The third kappa shape index (κ3) is 9.33. The molecule has 0 aliphatic carbocycles. The van der Waals surface area contributed by atoms with Crippen LogP contribution in [0.15, 0.2) is 0 Å². The summed E-state index contributed by atoms with van der Waals surface area (Å²) in [7, 11) is 0. The number of unbranched alkanes of at least 4 members (excludes halogenated alkanes) is 2. The van der Waals surface area contributed by atoms with Gasteiger partial charge in [-0.25, -0.2) is 9.59 Å². The quantitative estimate of drug-likeness (QED) is 0.572. The third-order valence-corrected chi connectivity index (χ3v) is 2.36. The van der Waals surface area contributed by atoms with Crippen molar-refractivity contribution >= 4 is 12.1 Å². The minimum atomic E-state index is -0.624. The van der Waals surface area contributed by atoms with Gasteiger partial charge in [-0.05, 0) is 34.1 Å². The van der Waals surface area contributed by atoms with Gasteiger partial charge in [-0.15, -0.1) is 0 Å². The zero-order valence-electron chi connectivity index (χ0n) is 12.7. The van der Waals surface area contributed by atoms with E-state index in [4.69, 9.17) is 9.47 Å². The number of ether oxygens (including phenoxy) is 2. The van der Waals surface area contributed by atoms with E-state index < -0.39 is 23.7 Å². The Labute approximate surface area is 116 Å². The maximum Gasteiger partial charge on any atom is 0.408 e. The number of rotatable bonds is 7. The number of alkyl carbamates (subject to hydrolysis) is 1. The molecular formula is C14H27NO4. The highest BCUT2D eigenvalue weighted by molar-refractivity contribution is 5.81. The molecule has 0 aliphatic heterocycles. The van der Waals surface area contributed by atoms with Crippen LogP contribution in [0, 0.1) is 0 Å². The minimum absolute atomic E-state index is 0.305. The van der Waals surface area contributed by atoms with Crippen LogP contribution in [0.2, 0.25) is 0 Å². The Hall–Kier alpha value is -1.26. The van der Waals surface area contributed by atoms with Crippen molar-refractivity contribution < 1.29 is 19.1 Å². The molecule has 0 bridgehead atoms. The van der Waals surface area contributed by atoms with E-state index in [9.17, 15) is 9.59 Å². The van der Waals surface area contributed by atoms with E-state index in [0.29, 0.717) is 13.0 Å². The molecule has 112 valence electrons. The van der Waals surface area contributed by atoms with Crippen LogP contribution in [-0.2, 0) is 14.3 Å². The summed E-state index contributed by atoms with van der Waals surface area (Å²) >= 11 is 0. The van der Waals surface area contributed by atoms with E-state index in [2.05, 4.69) is 12.2 Å². The Kier molecular flexibility index (Phi) is 8.19. The van der Waals surface area contributed by atoms with E-state index in [0.717, 1.165) is 19.3 Å². The van der Waals surface area contributed by atoms with Gasteiger partial charge >= 0.3 is 12.1 Å². The Balaban J connectivity index is 4.39. The Bertz CT molecular complexity index is 284. The number of carbonyl (C=O) groups excluding carboxylic acids is 2. The summed E-state index contributed by atoms with van der Waals surface area (Å²) in [4.78, 5) is 23.4. The second-order valence-corrected chi connectivity index (χ2v) is 5.45. The van der Waals surface area contributed by atoms with Crippen molar-refractivity contribution in [3.63, 3.8) is 0 Å². The molecule has 19 heavy (non-hydrogen) atoms. The van der Waals surface area contributed by atoms with Gasteiger partial charge in [0.2, 0.25) is 0 Å². The van der Waals surface area contributed by atoms with Gasteiger partial charge in [0.05, 0.1) is 6.61 Å². The lowest BCUT2D eigenvalue weighted by molar-refractivity contribution is -0.145. The van der Waals surface area contributed by atoms with Gasteiger partial charge < -0.3 is 14.8 Å². The molecule has 0 aromatic heterocycles. The second kappa shape index (κ2) is 8.77. The first-order valence-electron chi connectivity index (χ1n) is 6.96. The standard InChI is InChI=1S/C14H27NO4/c1-6-8-9-10-11(12(16)18-7-2)15-13(17)19-14(3,4)5/h11H,6-10H2,1-5H3,(H,15,17). The van der Waals surface area contributed by atoms with Crippen LogP contribution in [0.1, 0.15) is 60.3 Å². The molecule has 5 heteroatoms. The average molecular weight is 273 g/mol. The number of hydrogen-bond acceptors (Lipinski definition) is 4. The highest BCUT2D eigenvalue weighted by Crippen LogP contribution is 2.09. The summed E-state index contributed by atoms with van der Waals surface area (Å²) in [5.74, 6) is -0.399. The molecule has 1 N–H and O–H groups in total. The molecule has 0 aromatic rings. The molecule has 0 fully saturated rings. The molecule has 0 saturated carbocycles. The first kappa shape index (κ1) is 17.7. The molecule has 1 unspecified atom stereocenters. The first-order chi connectivity index (χ1) is 8.80. The number of hydrogen-bond donors (Lipinski definition) is 1. The monoisotopic (exact) mass is 273 g/mol. The zero-order chi connectivity index (χ0) is 14.9. The third-order valence-electron chi connectivity index (χ3n) is 2.36. The van der Waals surface area contributed by atoms with Crippen molar-refractivity contribution in [2.24, 2.45) is 0 Å². The van der Waals surface area contributed by atoms with Gasteiger partial charge in [0.15, 0.2) is 0 Å². The van der Waals surface area contributed by atoms with Crippen molar-refractivity contribution in [1.29, 1.82) is 0 Å². The highest BCUT2D eigenvalue weighted by Gasteiger charge is 2.24. The molecule has 5 nitrogen and oxygen atoms in total. The van der Waals surface area contributed by atoms with Crippen molar-refractivity contribution in [2.45, 2.75) is 71.9 Å². The summed E-state index contributed by atoms with van der Waals surface area (Å²) in [6, 6.07) is -0.624. The fourth-order valence-electron chi connectivity index (χ4n) is 1.54. The Morgan fingerprint density at radius 3 is 2.26 bits per heavy atom. The van der Waals surface area contributed by atoms with Crippen LogP contribution in [-0.4, -0.2) is 30.3 Å². The molecule has 1 amide bonds. The molecule has 0 aliphatic rings. The summed E-state index contributed by atoms with van der Waals surface area (Å²) in [5, 5.41) is 2.58. The second-order valence-electron chi connectivity index (χ2n) is 5.45. The smallest absolute Gasteiger partial charge is 0.408 e. The molecular weight excluding hydrogens is 246 g/mol. The lowest BCUT2D eigenvalue weighted by Crippen LogP contribution is -2.44. The first-order valence-corrected chi connectivity index (χ1v) is 6.96. The summed E-state index contributed by atoms with van der Waals surface area (Å²) in [6.07, 6.45) is 2.94. The van der Waals surface area contributed by atoms with Crippen LogP contribution in [0.5, 0.6) is 0 Å². The largest absolute Gasteiger partial charge is 0.464 e. The summed E-state index contributed by atoms with van der Waals surface area (Å²) in [6.45, 7) is 9.48. The highest BCUT2D eigenvalue weighted by atomic mass is 16.6. The average Bonchev–Trinajstić information content (AvgIpc) is 2.25. The van der Waals surface area contributed by atoms with E-state index in [1.807, 2.05) is 0 Å². The zero-order valence-corrected chi connectivity index (χ0v) is 12.7. The van der Waals surface area contributed by atoms with Crippen molar-refractivity contribution in [1.82, 2.24) is 5.32 Å².